The van der Waals surface area contributed by atoms with Gasteiger partial charge in [0.15, 0.2) is 0 Å². The predicted octanol–water partition coefficient (Wildman–Crippen LogP) is 3.82. The molecule has 2 N–H and O–H groups in total. The van der Waals surface area contributed by atoms with Crippen LogP contribution in [0.25, 0.3) is 0 Å². The highest BCUT2D eigenvalue weighted by Gasteiger charge is 2.20. The van der Waals surface area contributed by atoms with Gasteiger partial charge in [0.2, 0.25) is 0 Å². The fourth-order valence-corrected chi connectivity index (χ4v) is 2.65. The van der Waals surface area contributed by atoms with Gasteiger partial charge in [-0.3, -0.25) is 19.7 Å². The summed E-state index contributed by atoms with van der Waals surface area (Å²) in [5.74, 6) is -1.88. The molecule has 0 unspecified atom stereocenters. The minimum absolute atomic E-state index is 0.0733. The first kappa shape index (κ1) is 22.8. The zero-order chi connectivity index (χ0) is 22.4. The number of hydrogen-bond acceptors (Lipinski definition) is 6. The van der Waals surface area contributed by atoms with Crippen molar-refractivity contribution in [2.24, 2.45) is 0 Å². The Morgan fingerprint density at radius 1 is 1.07 bits per heavy atom. The lowest BCUT2D eigenvalue weighted by Crippen LogP contribution is -2.30. The second kappa shape index (κ2) is 9.84. The third-order valence-corrected chi connectivity index (χ3v) is 4.13. The van der Waals surface area contributed by atoms with Crippen molar-refractivity contribution in [3.05, 3.63) is 68.2 Å². The molecule has 9 nitrogen and oxygen atoms in total. The van der Waals surface area contributed by atoms with E-state index in [1.54, 1.807) is 20.8 Å². The number of ether oxygens (including phenoxy) is 1. The van der Waals surface area contributed by atoms with E-state index < -0.39 is 22.5 Å². The highest BCUT2D eigenvalue weighted by atomic mass is 35.5. The lowest BCUT2D eigenvalue weighted by atomic mass is 10.1. The van der Waals surface area contributed by atoms with E-state index in [-0.39, 0.29) is 46.0 Å². The number of anilines is 1. The van der Waals surface area contributed by atoms with Crippen molar-refractivity contribution in [1.82, 2.24) is 5.32 Å². The third-order valence-electron chi connectivity index (χ3n) is 3.80. The van der Waals surface area contributed by atoms with Crippen LogP contribution in [0.15, 0.2) is 36.4 Å². The van der Waals surface area contributed by atoms with Crippen molar-refractivity contribution < 1.29 is 24.0 Å². The Morgan fingerprint density at radius 2 is 1.73 bits per heavy atom. The summed E-state index contributed by atoms with van der Waals surface area (Å²) in [5, 5.41) is 16.6. The van der Waals surface area contributed by atoms with Crippen LogP contribution in [0.4, 0.5) is 11.4 Å². The second-order valence-corrected chi connectivity index (χ2v) is 6.93. The lowest BCUT2D eigenvalue weighted by molar-refractivity contribution is -0.384. The summed E-state index contributed by atoms with van der Waals surface area (Å²) in [6, 6.07) is 7.49. The van der Waals surface area contributed by atoms with Gasteiger partial charge in [-0.05, 0) is 45.0 Å². The van der Waals surface area contributed by atoms with Gasteiger partial charge in [-0.2, -0.15) is 0 Å². The van der Waals surface area contributed by atoms with Gasteiger partial charge in [0.05, 0.1) is 27.8 Å². The molecule has 0 heterocycles. The molecule has 0 aliphatic heterocycles. The first-order chi connectivity index (χ1) is 14.1. The van der Waals surface area contributed by atoms with E-state index in [0.29, 0.717) is 0 Å². The summed E-state index contributed by atoms with van der Waals surface area (Å²) in [7, 11) is 0. The molecule has 0 saturated heterocycles. The molecule has 2 amide bonds. The summed E-state index contributed by atoms with van der Waals surface area (Å²) in [4.78, 5) is 47.3. The summed E-state index contributed by atoms with van der Waals surface area (Å²) < 4.78 is 4.85. The van der Waals surface area contributed by atoms with Crippen molar-refractivity contribution in [3.8, 4) is 0 Å². The van der Waals surface area contributed by atoms with E-state index in [1.807, 2.05) is 0 Å². The maximum Gasteiger partial charge on any atom is 0.338 e. The molecule has 0 saturated carbocycles. The quantitative estimate of drug-likeness (QED) is 0.388. The first-order valence-electron chi connectivity index (χ1n) is 9.00. The molecule has 10 heteroatoms. The van der Waals surface area contributed by atoms with Crippen LogP contribution >= 0.6 is 11.6 Å². The Bertz CT molecular complexity index is 1010. The maximum atomic E-state index is 12.7. The molecule has 0 spiro atoms. The molecule has 2 aromatic carbocycles. The van der Waals surface area contributed by atoms with Crippen molar-refractivity contribution in [3.63, 3.8) is 0 Å². The van der Waals surface area contributed by atoms with E-state index in [9.17, 15) is 24.5 Å². The van der Waals surface area contributed by atoms with Crippen molar-refractivity contribution in [2.45, 2.75) is 26.8 Å². The van der Waals surface area contributed by atoms with Gasteiger partial charge in [0.1, 0.15) is 0 Å². The topological polar surface area (TPSA) is 128 Å². The zero-order valence-electron chi connectivity index (χ0n) is 16.5. The number of esters is 1. The first-order valence-corrected chi connectivity index (χ1v) is 9.38. The van der Waals surface area contributed by atoms with Gasteiger partial charge in [-0.15, -0.1) is 0 Å². The van der Waals surface area contributed by atoms with Crippen molar-refractivity contribution in [1.29, 1.82) is 0 Å². The SMILES string of the molecule is CCOC(=O)c1cc(C(=O)Nc2cc(C(=O)NC(C)C)ccc2Cl)cc([N+](=O)[O-])c1. The van der Waals surface area contributed by atoms with E-state index in [0.717, 1.165) is 12.1 Å². The Kier molecular flexibility index (Phi) is 7.48. The van der Waals surface area contributed by atoms with Crippen LogP contribution in [-0.2, 0) is 4.74 Å². The highest BCUT2D eigenvalue weighted by molar-refractivity contribution is 6.34. The van der Waals surface area contributed by atoms with Gasteiger partial charge in [-0.25, -0.2) is 4.79 Å². The molecule has 2 aromatic rings. The molecule has 30 heavy (non-hydrogen) atoms. The standard InChI is InChI=1S/C20H20ClN3O6/c1-4-30-20(27)14-7-13(8-15(9-14)24(28)29)19(26)23-17-10-12(5-6-16(17)21)18(25)22-11(2)3/h5-11H,4H2,1-3H3,(H,22,25)(H,23,26). The van der Waals surface area contributed by atoms with Gasteiger partial charge in [0.25, 0.3) is 17.5 Å². The molecular weight excluding hydrogens is 414 g/mol. The Balaban J connectivity index is 2.36. The molecule has 0 radical (unpaired) electrons. The number of nitro groups is 1. The molecule has 0 aliphatic carbocycles. The summed E-state index contributed by atoms with van der Waals surface area (Å²) in [5.41, 5.74) is -0.300. The number of halogens is 1. The van der Waals surface area contributed by atoms with E-state index in [1.165, 1.54) is 24.3 Å². The van der Waals surface area contributed by atoms with Gasteiger partial charge < -0.3 is 15.4 Å². The van der Waals surface area contributed by atoms with Crippen LogP contribution in [0.1, 0.15) is 51.8 Å². The number of carbonyl (C=O) groups is 3. The third kappa shape index (κ3) is 5.77. The van der Waals surface area contributed by atoms with Crippen LogP contribution in [0.5, 0.6) is 0 Å². The van der Waals surface area contributed by atoms with Crippen LogP contribution in [0.2, 0.25) is 5.02 Å². The summed E-state index contributed by atoms with van der Waals surface area (Å²) in [6.45, 7) is 5.27. The Morgan fingerprint density at radius 3 is 2.33 bits per heavy atom. The number of carbonyl (C=O) groups excluding carboxylic acids is 3. The normalized spacial score (nSPS) is 10.4. The fraction of sp³-hybridized carbons (Fsp3) is 0.250. The number of amides is 2. The maximum absolute atomic E-state index is 12.7. The molecular formula is C20H20ClN3O6. The zero-order valence-corrected chi connectivity index (χ0v) is 17.3. The smallest absolute Gasteiger partial charge is 0.338 e. The minimum Gasteiger partial charge on any atom is -0.462 e. The molecule has 158 valence electrons. The molecule has 2 rings (SSSR count). The molecule has 0 atom stereocenters. The van der Waals surface area contributed by atoms with E-state index in [2.05, 4.69) is 10.6 Å². The van der Waals surface area contributed by atoms with Crippen LogP contribution in [-0.4, -0.2) is 35.4 Å². The number of non-ortho nitro benzene ring substituents is 1. The predicted molar refractivity (Wildman–Crippen MR) is 111 cm³/mol. The summed E-state index contributed by atoms with van der Waals surface area (Å²) >= 11 is 6.11. The van der Waals surface area contributed by atoms with Crippen LogP contribution < -0.4 is 10.6 Å². The van der Waals surface area contributed by atoms with E-state index in [4.69, 9.17) is 16.3 Å². The van der Waals surface area contributed by atoms with Crippen LogP contribution in [0.3, 0.4) is 0 Å². The number of rotatable bonds is 7. The molecule has 0 fully saturated rings. The Hall–Kier alpha value is -3.46. The fourth-order valence-electron chi connectivity index (χ4n) is 2.48. The largest absolute Gasteiger partial charge is 0.462 e. The van der Waals surface area contributed by atoms with Gasteiger partial charge in [-0.1, -0.05) is 11.6 Å². The average Bonchev–Trinajstić information content (AvgIpc) is 2.68. The number of hydrogen-bond donors (Lipinski definition) is 2. The number of nitrogens with zero attached hydrogens (tertiary/aromatic N) is 1. The van der Waals surface area contributed by atoms with Crippen molar-refractivity contribution in [2.75, 3.05) is 11.9 Å². The highest BCUT2D eigenvalue weighted by Crippen LogP contribution is 2.25. The number of benzene rings is 2. The molecule has 0 aromatic heterocycles. The lowest BCUT2D eigenvalue weighted by Gasteiger charge is -2.12. The second-order valence-electron chi connectivity index (χ2n) is 6.52. The summed E-state index contributed by atoms with van der Waals surface area (Å²) in [6.07, 6.45) is 0. The van der Waals surface area contributed by atoms with Gasteiger partial charge >= 0.3 is 5.97 Å². The molecule has 0 bridgehead atoms. The van der Waals surface area contributed by atoms with Crippen molar-refractivity contribution >= 4 is 40.8 Å². The monoisotopic (exact) mass is 433 g/mol. The minimum atomic E-state index is -0.791. The van der Waals surface area contributed by atoms with Crippen LogP contribution in [0, 0.1) is 10.1 Å². The number of nitro benzene ring substituents is 1. The Labute approximate surface area is 177 Å². The van der Waals surface area contributed by atoms with E-state index >= 15 is 0 Å². The average molecular weight is 434 g/mol. The van der Waals surface area contributed by atoms with Gasteiger partial charge in [0, 0.05) is 29.3 Å². The molecule has 0 aliphatic rings. The number of nitrogens with one attached hydrogen (secondary N) is 2.